The first kappa shape index (κ1) is 16.0. The lowest BCUT2D eigenvalue weighted by molar-refractivity contribution is 0.535. The van der Waals surface area contributed by atoms with Gasteiger partial charge in [-0.3, -0.25) is 0 Å². The molecule has 4 rings (SSSR count). The number of hydrogen-bond donors (Lipinski definition) is 1. The van der Waals surface area contributed by atoms with Crippen molar-refractivity contribution in [1.82, 2.24) is 19.6 Å². The first-order valence-corrected chi connectivity index (χ1v) is 8.76. The molecule has 1 fully saturated rings. The number of aryl methyl sites for hydroxylation is 1. The third-order valence-electron chi connectivity index (χ3n) is 4.75. The molecule has 3 aromatic rings. The first-order valence-electron chi connectivity index (χ1n) is 8.76. The molecule has 1 atom stereocenters. The van der Waals surface area contributed by atoms with Gasteiger partial charge in [0.2, 0.25) is 0 Å². The molecule has 0 spiro atoms. The molecule has 0 amide bonds. The Morgan fingerprint density at radius 3 is 2.72 bits per heavy atom. The Morgan fingerprint density at radius 2 is 2.04 bits per heavy atom. The molecule has 0 saturated heterocycles. The number of fused-ring (bicyclic) bond motifs is 1. The van der Waals surface area contributed by atoms with Crippen LogP contribution in [0.15, 0.2) is 30.6 Å². The van der Waals surface area contributed by atoms with Gasteiger partial charge < -0.3 is 5.32 Å². The summed E-state index contributed by atoms with van der Waals surface area (Å²) in [4.78, 5) is 8.52. The predicted octanol–water partition coefficient (Wildman–Crippen LogP) is 4.26. The van der Waals surface area contributed by atoms with E-state index in [0.717, 1.165) is 35.5 Å². The maximum absolute atomic E-state index is 14.5. The van der Waals surface area contributed by atoms with Crippen molar-refractivity contribution >= 4 is 11.6 Å². The van der Waals surface area contributed by atoms with Gasteiger partial charge in [0.1, 0.15) is 18.0 Å². The summed E-state index contributed by atoms with van der Waals surface area (Å²) in [5.41, 5.74) is 2.66. The molecule has 1 unspecified atom stereocenters. The molecule has 130 valence electrons. The van der Waals surface area contributed by atoms with Crippen LogP contribution >= 0.6 is 0 Å². The molecule has 1 aliphatic rings. The predicted molar refractivity (Wildman–Crippen MR) is 95.1 cm³/mol. The fourth-order valence-corrected chi connectivity index (χ4v) is 3.29. The molecule has 1 N–H and O–H groups in total. The van der Waals surface area contributed by atoms with Gasteiger partial charge in [-0.2, -0.15) is 14.6 Å². The summed E-state index contributed by atoms with van der Waals surface area (Å²) in [7, 11) is 0. The lowest BCUT2D eigenvalue weighted by Crippen LogP contribution is -2.19. The van der Waals surface area contributed by atoms with Gasteiger partial charge in [-0.25, -0.2) is 9.37 Å². The van der Waals surface area contributed by atoms with E-state index in [-0.39, 0.29) is 17.8 Å². The highest BCUT2D eigenvalue weighted by Crippen LogP contribution is 2.42. The standard InChI is InChI=1S/C19H22FN5/c1-11(2)18(14-6-7-15(13-4-5-13)16(20)9-14)24-17-8-12(3)23-19-21-10-22-25(17)19/h6-11,13,18,24H,4-5H2,1-3H3. The smallest absolute Gasteiger partial charge is 0.254 e. The molecular formula is C19H22FN5. The zero-order chi connectivity index (χ0) is 17.6. The van der Waals surface area contributed by atoms with Crippen LogP contribution in [0.5, 0.6) is 0 Å². The minimum atomic E-state index is -0.0933. The van der Waals surface area contributed by atoms with Crippen LogP contribution in [0.4, 0.5) is 10.2 Å². The Hall–Kier alpha value is -2.50. The van der Waals surface area contributed by atoms with Gasteiger partial charge in [0.25, 0.3) is 5.78 Å². The molecule has 0 radical (unpaired) electrons. The molecule has 1 saturated carbocycles. The van der Waals surface area contributed by atoms with Gasteiger partial charge in [0.05, 0.1) is 6.04 Å². The van der Waals surface area contributed by atoms with E-state index in [2.05, 4.69) is 34.2 Å². The summed E-state index contributed by atoms with van der Waals surface area (Å²) in [6, 6.07) is 7.57. The second-order valence-electron chi connectivity index (χ2n) is 7.18. The summed E-state index contributed by atoms with van der Waals surface area (Å²) in [6.45, 7) is 6.17. The van der Waals surface area contributed by atoms with Crippen LogP contribution < -0.4 is 5.32 Å². The van der Waals surface area contributed by atoms with Crippen LogP contribution in [-0.4, -0.2) is 19.6 Å². The van der Waals surface area contributed by atoms with Crippen LogP contribution in [0.2, 0.25) is 0 Å². The van der Waals surface area contributed by atoms with Crippen molar-refractivity contribution in [3.05, 3.63) is 53.2 Å². The lowest BCUT2D eigenvalue weighted by atomic mass is 9.94. The Balaban J connectivity index is 1.69. The number of nitrogens with one attached hydrogen (secondary N) is 1. The largest absolute Gasteiger partial charge is 0.363 e. The normalized spacial score (nSPS) is 15.7. The van der Waals surface area contributed by atoms with Gasteiger partial charge in [-0.05, 0) is 48.8 Å². The van der Waals surface area contributed by atoms with Crippen molar-refractivity contribution in [3.8, 4) is 0 Å². The van der Waals surface area contributed by atoms with Crippen molar-refractivity contribution in [3.63, 3.8) is 0 Å². The van der Waals surface area contributed by atoms with E-state index < -0.39 is 0 Å². The highest BCUT2D eigenvalue weighted by Gasteiger charge is 2.27. The van der Waals surface area contributed by atoms with Crippen molar-refractivity contribution in [2.24, 2.45) is 5.92 Å². The Bertz CT molecular complexity index is 913. The zero-order valence-corrected chi connectivity index (χ0v) is 14.7. The van der Waals surface area contributed by atoms with E-state index in [1.165, 1.54) is 6.33 Å². The average Bonchev–Trinajstić information content (AvgIpc) is 3.29. The van der Waals surface area contributed by atoms with Crippen LogP contribution in [-0.2, 0) is 0 Å². The topological polar surface area (TPSA) is 55.1 Å². The number of anilines is 1. The monoisotopic (exact) mass is 339 g/mol. The lowest BCUT2D eigenvalue weighted by Gasteiger charge is -2.24. The van der Waals surface area contributed by atoms with Crippen LogP contribution in [0.1, 0.15) is 55.5 Å². The Morgan fingerprint density at radius 1 is 1.24 bits per heavy atom. The Kier molecular flexibility index (Phi) is 3.90. The van der Waals surface area contributed by atoms with Crippen LogP contribution in [0, 0.1) is 18.7 Å². The number of aromatic nitrogens is 4. The van der Waals surface area contributed by atoms with Gasteiger partial charge in [0, 0.05) is 11.8 Å². The minimum absolute atomic E-state index is 0.0306. The summed E-state index contributed by atoms with van der Waals surface area (Å²) < 4.78 is 16.2. The quantitative estimate of drug-likeness (QED) is 0.755. The van der Waals surface area contributed by atoms with E-state index in [9.17, 15) is 4.39 Å². The van der Waals surface area contributed by atoms with Crippen LogP contribution in [0.25, 0.3) is 5.78 Å². The van der Waals surface area contributed by atoms with E-state index in [0.29, 0.717) is 11.7 Å². The molecule has 25 heavy (non-hydrogen) atoms. The molecule has 1 aromatic carbocycles. The molecule has 6 heteroatoms. The van der Waals surface area contributed by atoms with Crippen LogP contribution in [0.3, 0.4) is 0 Å². The van der Waals surface area contributed by atoms with Gasteiger partial charge >= 0.3 is 0 Å². The van der Waals surface area contributed by atoms with Crippen molar-refractivity contribution < 1.29 is 4.39 Å². The molecule has 1 aliphatic carbocycles. The summed E-state index contributed by atoms with van der Waals surface area (Å²) >= 11 is 0. The zero-order valence-electron chi connectivity index (χ0n) is 14.7. The second kappa shape index (κ2) is 6.10. The van der Waals surface area contributed by atoms with Gasteiger partial charge in [-0.15, -0.1) is 0 Å². The molecule has 2 heterocycles. The Labute approximate surface area is 146 Å². The molecule has 2 aromatic heterocycles. The number of halogens is 1. The molecule has 5 nitrogen and oxygen atoms in total. The average molecular weight is 339 g/mol. The SMILES string of the molecule is Cc1cc(NC(c2ccc(C3CC3)c(F)c2)C(C)C)n2ncnc2n1. The van der Waals surface area contributed by atoms with E-state index in [1.54, 1.807) is 10.6 Å². The fraction of sp³-hybridized carbons (Fsp3) is 0.421. The third-order valence-corrected chi connectivity index (χ3v) is 4.75. The maximum atomic E-state index is 14.5. The number of nitrogens with zero attached hydrogens (tertiary/aromatic N) is 4. The minimum Gasteiger partial charge on any atom is -0.363 e. The number of rotatable bonds is 5. The van der Waals surface area contributed by atoms with E-state index in [4.69, 9.17) is 0 Å². The highest BCUT2D eigenvalue weighted by molar-refractivity contribution is 5.47. The third kappa shape index (κ3) is 3.08. The molecule has 0 bridgehead atoms. The highest BCUT2D eigenvalue weighted by atomic mass is 19.1. The van der Waals surface area contributed by atoms with Crippen molar-refractivity contribution in [2.45, 2.75) is 45.6 Å². The number of benzene rings is 1. The summed E-state index contributed by atoms with van der Waals surface area (Å²) in [6.07, 6.45) is 3.69. The maximum Gasteiger partial charge on any atom is 0.254 e. The molecular weight excluding hydrogens is 317 g/mol. The van der Waals surface area contributed by atoms with E-state index >= 15 is 0 Å². The van der Waals surface area contributed by atoms with Crippen molar-refractivity contribution in [2.75, 3.05) is 5.32 Å². The fourth-order valence-electron chi connectivity index (χ4n) is 3.29. The molecule has 0 aliphatic heterocycles. The van der Waals surface area contributed by atoms with Crippen molar-refractivity contribution in [1.29, 1.82) is 0 Å². The first-order chi connectivity index (χ1) is 12.0. The van der Waals surface area contributed by atoms with Gasteiger partial charge in [-0.1, -0.05) is 26.0 Å². The number of hydrogen-bond acceptors (Lipinski definition) is 4. The summed E-state index contributed by atoms with van der Waals surface area (Å²) in [5.74, 6) is 1.96. The van der Waals surface area contributed by atoms with Gasteiger partial charge in [0.15, 0.2) is 0 Å². The second-order valence-corrected chi connectivity index (χ2v) is 7.18. The summed E-state index contributed by atoms with van der Waals surface area (Å²) in [5, 5.41) is 7.75. The van der Waals surface area contributed by atoms with E-state index in [1.807, 2.05) is 25.1 Å².